The maximum absolute atomic E-state index is 12.5. The number of rotatable bonds is 2. The van der Waals surface area contributed by atoms with Crippen molar-refractivity contribution < 1.29 is 23.1 Å². The Kier molecular flexibility index (Phi) is 3.53. The zero-order valence-electron chi connectivity index (χ0n) is 10.5. The van der Waals surface area contributed by atoms with Crippen molar-refractivity contribution in [3.8, 4) is 16.9 Å². The first-order valence-corrected chi connectivity index (χ1v) is 5.80. The Morgan fingerprint density at radius 3 is 2.05 bits per heavy atom. The number of alkyl halides is 3. The molecule has 0 fully saturated rings. The van der Waals surface area contributed by atoms with Gasteiger partial charge in [0.15, 0.2) is 5.78 Å². The van der Waals surface area contributed by atoms with Gasteiger partial charge in [-0.3, -0.25) is 4.79 Å². The van der Waals surface area contributed by atoms with Crippen LogP contribution in [0.15, 0.2) is 42.5 Å². The van der Waals surface area contributed by atoms with E-state index in [0.29, 0.717) is 11.1 Å². The molecule has 2 aromatic rings. The summed E-state index contributed by atoms with van der Waals surface area (Å²) >= 11 is 0. The van der Waals surface area contributed by atoms with Crippen LogP contribution in [0, 0.1) is 0 Å². The van der Waals surface area contributed by atoms with Crippen molar-refractivity contribution in [1.82, 2.24) is 0 Å². The molecule has 0 radical (unpaired) electrons. The number of hydrogen-bond donors (Lipinski definition) is 1. The zero-order chi connectivity index (χ0) is 14.9. The van der Waals surface area contributed by atoms with Gasteiger partial charge in [-0.15, -0.1) is 0 Å². The van der Waals surface area contributed by atoms with Crippen LogP contribution in [0.1, 0.15) is 22.8 Å². The van der Waals surface area contributed by atoms with Crippen LogP contribution >= 0.6 is 0 Å². The maximum atomic E-state index is 12.5. The minimum Gasteiger partial charge on any atom is -0.507 e. The van der Waals surface area contributed by atoms with E-state index in [-0.39, 0.29) is 17.1 Å². The van der Waals surface area contributed by atoms with Crippen molar-refractivity contribution >= 4 is 5.78 Å². The molecule has 0 spiro atoms. The lowest BCUT2D eigenvalue weighted by atomic mass is 10.00. The minimum atomic E-state index is -4.38. The van der Waals surface area contributed by atoms with Crippen LogP contribution in [0.5, 0.6) is 5.75 Å². The van der Waals surface area contributed by atoms with Gasteiger partial charge in [0.1, 0.15) is 5.75 Å². The summed E-state index contributed by atoms with van der Waals surface area (Å²) in [6, 6.07) is 8.98. The molecule has 0 aromatic heterocycles. The van der Waals surface area contributed by atoms with Gasteiger partial charge in [-0.05, 0) is 42.3 Å². The molecular weight excluding hydrogens is 269 g/mol. The highest BCUT2D eigenvalue weighted by atomic mass is 19.4. The Bertz CT molecular complexity index is 643. The van der Waals surface area contributed by atoms with E-state index < -0.39 is 11.7 Å². The highest BCUT2D eigenvalue weighted by Gasteiger charge is 2.29. The number of benzene rings is 2. The predicted molar refractivity (Wildman–Crippen MR) is 68.5 cm³/mol. The summed E-state index contributed by atoms with van der Waals surface area (Å²) < 4.78 is 37.4. The van der Waals surface area contributed by atoms with Crippen molar-refractivity contribution in [2.45, 2.75) is 13.1 Å². The standard InChI is InChI=1S/C15H11F3O2/c1-9(19)13-8-11(4-7-14(13)20)10-2-5-12(6-3-10)15(16,17)18/h2-8,20H,1H3. The summed E-state index contributed by atoms with van der Waals surface area (Å²) in [5.74, 6) is -0.454. The molecule has 0 saturated heterocycles. The van der Waals surface area contributed by atoms with Crippen molar-refractivity contribution in [1.29, 1.82) is 0 Å². The minimum absolute atomic E-state index is 0.141. The summed E-state index contributed by atoms with van der Waals surface area (Å²) in [5, 5.41) is 9.53. The van der Waals surface area contributed by atoms with E-state index in [9.17, 15) is 23.1 Å². The molecule has 0 heterocycles. The average molecular weight is 280 g/mol. The molecule has 0 saturated carbocycles. The second-order valence-corrected chi connectivity index (χ2v) is 4.36. The molecule has 2 rings (SSSR count). The van der Waals surface area contributed by atoms with E-state index in [0.717, 1.165) is 12.1 Å². The topological polar surface area (TPSA) is 37.3 Å². The molecule has 104 valence electrons. The molecule has 5 heteroatoms. The quantitative estimate of drug-likeness (QED) is 0.834. The number of aromatic hydroxyl groups is 1. The van der Waals surface area contributed by atoms with Gasteiger partial charge in [0.2, 0.25) is 0 Å². The average Bonchev–Trinajstić information content (AvgIpc) is 2.38. The van der Waals surface area contributed by atoms with E-state index in [1.807, 2.05) is 0 Å². The summed E-state index contributed by atoms with van der Waals surface area (Å²) in [5.41, 5.74) is 0.524. The molecule has 20 heavy (non-hydrogen) atoms. The van der Waals surface area contributed by atoms with Crippen molar-refractivity contribution in [2.24, 2.45) is 0 Å². The fraction of sp³-hybridized carbons (Fsp3) is 0.133. The van der Waals surface area contributed by atoms with Gasteiger partial charge in [-0.1, -0.05) is 18.2 Å². The van der Waals surface area contributed by atoms with Crippen molar-refractivity contribution in [3.63, 3.8) is 0 Å². The number of carbonyl (C=O) groups excluding carboxylic acids is 1. The number of Topliss-reactive ketones (excluding diaryl/α,β-unsaturated/α-hetero) is 1. The predicted octanol–water partition coefficient (Wildman–Crippen LogP) is 4.28. The first kappa shape index (κ1) is 14.1. The van der Waals surface area contributed by atoms with Gasteiger partial charge < -0.3 is 5.11 Å². The first-order valence-electron chi connectivity index (χ1n) is 5.80. The van der Waals surface area contributed by atoms with Crippen LogP contribution in [0.2, 0.25) is 0 Å². The highest BCUT2D eigenvalue weighted by Crippen LogP contribution is 2.32. The summed E-state index contributed by atoms with van der Waals surface area (Å²) in [4.78, 5) is 11.3. The molecule has 2 nitrogen and oxygen atoms in total. The van der Waals surface area contributed by atoms with Crippen LogP contribution in [0.25, 0.3) is 11.1 Å². The van der Waals surface area contributed by atoms with Crippen molar-refractivity contribution in [2.75, 3.05) is 0 Å². The highest BCUT2D eigenvalue weighted by molar-refractivity contribution is 5.98. The number of ketones is 1. The number of hydrogen-bond acceptors (Lipinski definition) is 2. The third-order valence-electron chi connectivity index (χ3n) is 2.92. The normalized spacial score (nSPS) is 11.4. The molecule has 0 aliphatic heterocycles. The lowest BCUT2D eigenvalue weighted by Gasteiger charge is -2.09. The molecule has 0 aliphatic rings. The maximum Gasteiger partial charge on any atom is 0.416 e. The Balaban J connectivity index is 2.42. The number of phenols is 1. The van der Waals surface area contributed by atoms with E-state index in [2.05, 4.69) is 0 Å². The van der Waals surface area contributed by atoms with E-state index in [1.54, 1.807) is 6.07 Å². The fourth-order valence-corrected chi connectivity index (χ4v) is 1.85. The van der Waals surface area contributed by atoms with Crippen LogP contribution < -0.4 is 0 Å². The van der Waals surface area contributed by atoms with Gasteiger partial charge in [-0.25, -0.2) is 0 Å². The van der Waals surface area contributed by atoms with Crippen LogP contribution in [0.3, 0.4) is 0 Å². The summed E-state index contributed by atoms with van der Waals surface area (Å²) in [6.45, 7) is 1.31. The molecule has 1 N–H and O–H groups in total. The Morgan fingerprint density at radius 2 is 1.55 bits per heavy atom. The van der Waals surface area contributed by atoms with Gasteiger partial charge in [0.05, 0.1) is 11.1 Å². The molecule has 2 aromatic carbocycles. The number of carbonyl (C=O) groups is 1. The molecule has 0 unspecified atom stereocenters. The molecule has 0 amide bonds. The lowest BCUT2D eigenvalue weighted by molar-refractivity contribution is -0.137. The number of phenolic OH excluding ortho intramolecular Hbond substituents is 1. The van der Waals surface area contributed by atoms with E-state index in [4.69, 9.17) is 0 Å². The third kappa shape index (κ3) is 2.82. The zero-order valence-corrected chi connectivity index (χ0v) is 10.5. The molecule has 0 atom stereocenters. The second kappa shape index (κ2) is 5.00. The van der Waals surface area contributed by atoms with Crippen LogP contribution in [-0.2, 0) is 6.18 Å². The monoisotopic (exact) mass is 280 g/mol. The van der Waals surface area contributed by atoms with Crippen molar-refractivity contribution in [3.05, 3.63) is 53.6 Å². The fourth-order valence-electron chi connectivity index (χ4n) is 1.85. The Hall–Kier alpha value is -2.30. The first-order chi connectivity index (χ1) is 9.29. The Labute approximate surface area is 113 Å². The summed E-state index contributed by atoms with van der Waals surface area (Å²) in [6.07, 6.45) is -4.38. The van der Waals surface area contributed by atoms with Gasteiger partial charge in [0, 0.05) is 0 Å². The molecule has 0 bridgehead atoms. The molecular formula is C15H11F3O2. The van der Waals surface area contributed by atoms with Gasteiger partial charge in [-0.2, -0.15) is 13.2 Å². The van der Waals surface area contributed by atoms with E-state index >= 15 is 0 Å². The van der Waals surface area contributed by atoms with Crippen LogP contribution in [-0.4, -0.2) is 10.9 Å². The SMILES string of the molecule is CC(=O)c1cc(-c2ccc(C(F)(F)F)cc2)ccc1O. The van der Waals surface area contributed by atoms with Gasteiger partial charge in [0.25, 0.3) is 0 Å². The van der Waals surface area contributed by atoms with E-state index in [1.165, 1.54) is 31.2 Å². The summed E-state index contributed by atoms with van der Waals surface area (Å²) in [7, 11) is 0. The second-order valence-electron chi connectivity index (χ2n) is 4.36. The number of halogens is 3. The lowest BCUT2D eigenvalue weighted by Crippen LogP contribution is -2.04. The third-order valence-corrected chi connectivity index (χ3v) is 2.92. The molecule has 0 aliphatic carbocycles. The smallest absolute Gasteiger partial charge is 0.416 e. The van der Waals surface area contributed by atoms with Gasteiger partial charge >= 0.3 is 6.18 Å². The largest absolute Gasteiger partial charge is 0.507 e. The Morgan fingerprint density at radius 1 is 1.00 bits per heavy atom. The van der Waals surface area contributed by atoms with Crippen LogP contribution in [0.4, 0.5) is 13.2 Å².